The van der Waals surface area contributed by atoms with Gasteiger partial charge < -0.3 is 20.3 Å². The number of ether oxygens (including phenoxy) is 1. The van der Waals surface area contributed by atoms with Crippen LogP contribution >= 0.6 is 0 Å². The molecule has 2 heterocycles. The highest BCUT2D eigenvalue weighted by Gasteiger charge is 2.12. The fraction of sp³-hybridized carbons (Fsp3) is 0.368. The number of urea groups is 1. The second-order valence-electron chi connectivity index (χ2n) is 5.99. The number of rotatable bonds is 7. The lowest BCUT2D eigenvalue weighted by molar-refractivity contribution is 0.236. The molecule has 0 spiro atoms. The standard InChI is InChI=1S/C19H24N4O2/c24-19(20-10-13-25-17-6-2-1-3-7-17)22-15-16-8-9-18(21-14-16)23-11-4-5-12-23/h1-3,6-9,14H,4-5,10-13,15H2,(H2,20,22,24). The van der Waals surface area contributed by atoms with Gasteiger partial charge in [0, 0.05) is 25.8 Å². The Kier molecular flexibility index (Phi) is 6.09. The fourth-order valence-corrected chi connectivity index (χ4v) is 2.75. The van der Waals surface area contributed by atoms with Crippen LogP contribution in [0.2, 0.25) is 0 Å². The van der Waals surface area contributed by atoms with Crippen LogP contribution < -0.4 is 20.3 Å². The van der Waals surface area contributed by atoms with Crippen LogP contribution in [0.1, 0.15) is 18.4 Å². The molecule has 132 valence electrons. The van der Waals surface area contributed by atoms with Gasteiger partial charge in [0.1, 0.15) is 18.2 Å². The first-order valence-electron chi connectivity index (χ1n) is 8.71. The summed E-state index contributed by atoms with van der Waals surface area (Å²) in [7, 11) is 0. The van der Waals surface area contributed by atoms with Crippen molar-refractivity contribution in [3.63, 3.8) is 0 Å². The lowest BCUT2D eigenvalue weighted by Crippen LogP contribution is -2.37. The van der Waals surface area contributed by atoms with Gasteiger partial charge in [-0.2, -0.15) is 0 Å². The van der Waals surface area contributed by atoms with Gasteiger partial charge >= 0.3 is 6.03 Å². The zero-order valence-corrected chi connectivity index (χ0v) is 14.3. The molecule has 25 heavy (non-hydrogen) atoms. The number of benzene rings is 1. The van der Waals surface area contributed by atoms with Crippen LogP contribution in [0.15, 0.2) is 48.7 Å². The predicted octanol–water partition coefficient (Wildman–Crippen LogP) is 2.56. The van der Waals surface area contributed by atoms with Crippen molar-refractivity contribution in [2.24, 2.45) is 0 Å². The van der Waals surface area contributed by atoms with E-state index in [1.54, 1.807) is 0 Å². The highest BCUT2D eigenvalue weighted by molar-refractivity contribution is 5.73. The maximum Gasteiger partial charge on any atom is 0.315 e. The number of amides is 2. The number of hydrogen-bond acceptors (Lipinski definition) is 4. The zero-order chi connectivity index (χ0) is 17.3. The average molecular weight is 340 g/mol. The molecule has 0 saturated carbocycles. The van der Waals surface area contributed by atoms with E-state index in [0.29, 0.717) is 19.7 Å². The van der Waals surface area contributed by atoms with Gasteiger partial charge in [-0.25, -0.2) is 9.78 Å². The van der Waals surface area contributed by atoms with Crippen LogP contribution in [0, 0.1) is 0 Å². The molecule has 0 bridgehead atoms. The van der Waals surface area contributed by atoms with Gasteiger partial charge in [0.25, 0.3) is 0 Å². The summed E-state index contributed by atoms with van der Waals surface area (Å²) >= 11 is 0. The second-order valence-corrected chi connectivity index (χ2v) is 5.99. The molecule has 1 aromatic heterocycles. The Morgan fingerprint density at radius 2 is 1.88 bits per heavy atom. The van der Waals surface area contributed by atoms with Crippen molar-refractivity contribution in [2.75, 3.05) is 31.1 Å². The molecule has 2 amide bonds. The third kappa shape index (κ3) is 5.38. The lowest BCUT2D eigenvalue weighted by atomic mass is 10.3. The summed E-state index contributed by atoms with van der Waals surface area (Å²) in [5.74, 6) is 1.82. The Morgan fingerprint density at radius 3 is 2.60 bits per heavy atom. The molecular formula is C19H24N4O2. The van der Waals surface area contributed by atoms with Gasteiger partial charge in [-0.05, 0) is 36.6 Å². The molecule has 0 unspecified atom stereocenters. The van der Waals surface area contributed by atoms with Crippen LogP contribution in [0.5, 0.6) is 5.75 Å². The van der Waals surface area contributed by atoms with Crippen molar-refractivity contribution >= 4 is 11.8 Å². The summed E-state index contributed by atoms with van der Waals surface area (Å²) in [6.07, 6.45) is 4.30. The number of carbonyl (C=O) groups excluding carboxylic acids is 1. The van der Waals surface area contributed by atoms with Gasteiger partial charge in [0.05, 0.1) is 6.54 Å². The summed E-state index contributed by atoms with van der Waals surface area (Å²) in [6.45, 7) is 3.51. The van der Waals surface area contributed by atoms with E-state index in [2.05, 4.69) is 20.5 Å². The van der Waals surface area contributed by atoms with Crippen LogP contribution in [0.4, 0.5) is 10.6 Å². The molecule has 6 heteroatoms. The Balaban J connectivity index is 1.33. The van der Waals surface area contributed by atoms with Gasteiger partial charge in [-0.15, -0.1) is 0 Å². The predicted molar refractivity (Wildman–Crippen MR) is 97.9 cm³/mol. The number of aromatic nitrogens is 1. The molecular weight excluding hydrogens is 316 g/mol. The summed E-state index contributed by atoms with van der Waals surface area (Å²) < 4.78 is 5.52. The number of nitrogens with one attached hydrogen (secondary N) is 2. The van der Waals surface area contributed by atoms with Gasteiger partial charge in [-0.1, -0.05) is 24.3 Å². The topological polar surface area (TPSA) is 66.5 Å². The second kappa shape index (κ2) is 8.92. The molecule has 6 nitrogen and oxygen atoms in total. The lowest BCUT2D eigenvalue weighted by Gasteiger charge is -2.16. The summed E-state index contributed by atoms with van der Waals surface area (Å²) in [4.78, 5) is 18.6. The number of hydrogen-bond donors (Lipinski definition) is 2. The highest BCUT2D eigenvalue weighted by atomic mass is 16.5. The number of nitrogens with zero attached hydrogens (tertiary/aromatic N) is 2. The van der Waals surface area contributed by atoms with E-state index >= 15 is 0 Å². The molecule has 0 aliphatic carbocycles. The molecule has 3 rings (SSSR count). The maximum atomic E-state index is 11.8. The van der Waals surface area contributed by atoms with E-state index in [1.165, 1.54) is 12.8 Å². The average Bonchev–Trinajstić information content (AvgIpc) is 3.20. The monoisotopic (exact) mass is 340 g/mol. The van der Waals surface area contributed by atoms with Crippen molar-refractivity contribution in [2.45, 2.75) is 19.4 Å². The van der Waals surface area contributed by atoms with Crippen molar-refractivity contribution < 1.29 is 9.53 Å². The third-order valence-electron chi connectivity index (χ3n) is 4.09. The maximum absolute atomic E-state index is 11.8. The van der Waals surface area contributed by atoms with E-state index in [-0.39, 0.29) is 6.03 Å². The summed E-state index contributed by atoms with van der Waals surface area (Å²) in [6, 6.07) is 13.4. The first-order valence-corrected chi connectivity index (χ1v) is 8.71. The molecule has 1 aliphatic rings. The Morgan fingerprint density at radius 1 is 1.08 bits per heavy atom. The largest absolute Gasteiger partial charge is 0.492 e. The molecule has 1 fully saturated rings. The molecule has 1 saturated heterocycles. The van der Waals surface area contributed by atoms with E-state index in [0.717, 1.165) is 30.2 Å². The van der Waals surface area contributed by atoms with E-state index in [4.69, 9.17) is 4.74 Å². The Hall–Kier alpha value is -2.76. The fourth-order valence-electron chi connectivity index (χ4n) is 2.75. The van der Waals surface area contributed by atoms with E-state index in [9.17, 15) is 4.79 Å². The third-order valence-corrected chi connectivity index (χ3v) is 4.09. The smallest absolute Gasteiger partial charge is 0.315 e. The summed E-state index contributed by atoms with van der Waals surface area (Å²) in [5.41, 5.74) is 0.985. The minimum absolute atomic E-state index is 0.208. The van der Waals surface area contributed by atoms with Crippen LogP contribution in [-0.4, -0.2) is 37.3 Å². The molecule has 0 atom stereocenters. The molecule has 0 radical (unpaired) electrons. The van der Waals surface area contributed by atoms with Crippen molar-refractivity contribution in [3.05, 3.63) is 54.2 Å². The van der Waals surface area contributed by atoms with Crippen LogP contribution in [-0.2, 0) is 6.54 Å². The molecule has 2 aromatic rings. The van der Waals surface area contributed by atoms with Gasteiger partial charge in [0.15, 0.2) is 0 Å². The quantitative estimate of drug-likeness (QED) is 0.760. The van der Waals surface area contributed by atoms with Gasteiger partial charge in [-0.3, -0.25) is 0 Å². The Labute approximate surface area is 148 Å². The number of pyridine rings is 1. The van der Waals surface area contributed by atoms with Crippen molar-refractivity contribution in [1.82, 2.24) is 15.6 Å². The summed E-state index contributed by atoms with van der Waals surface area (Å²) in [5, 5.41) is 5.60. The van der Waals surface area contributed by atoms with Crippen molar-refractivity contribution in [1.29, 1.82) is 0 Å². The SMILES string of the molecule is O=C(NCCOc1ccccc1)NCc1ccc(N2CCCC2)nc1. The first kappa shape index (κ1) is 17.1. The number of carbonyl (C=O) groups is 1. The zero-order valence-electron chi connectivity index (χ0n) is 14.3. The van der Waals surface area contributed by atoms with Crippen LogP contribution in [0.25, 0.3) is 0 Å². The molecule has 2 N–H and O–H groups in total. The van der Waals surface area contributed by atoms with Gasteiger partial charge in [0.2, 0.25) is 0 Å². The van der Waals surface area contributed by atoms with Crippen molar-refractivity contribution in [3.8, 4) is 5.75 Å². The highest BCUT2D eigenvalue weighted by Crippen LogP contribution is 2.17. The normalized spacial score (nSPS) is 13.5. The number of anilines is 1. The minimum Gasteiger partial charge on any atom is -0.492 e. The molecule has 1 aliphatic heterocycles. The molecule has 1 aromatic carbocycles. The number of para-hydroxylation sites is 1. The van der Waals surface area contributed by atoms with E-state index < -0.39 is 0 Å². The van der Waals surface area contributed by atoms with E-state index in [1.807, 2.05) is 48.7 Å². The Bertz CT molecular complexity index is 655. The first-order chi connectivity index (χ1) is 12.3. The van der Waals surface area contributed by atoms with Crippen LogP contribution in [0.3, 0.4) is 0 Å². The minimum atomic E-state index is -0.208.